The van der Waals surface area contributed by atoms with Gasteiger partial charge in [-0.2, -0.15) is 0 Å². The van der Waals surface area contributed by atoms with E-state index in [-0.39, 0.29) is 23.2 Å². The molecule has 1 heterocycles. The van der Waals surface area contributed by atoms with Gasteiger partial charge in [0.15, 0.2) is 0 Å². The number of hydrogen-bond acceptors (Lipinski definition) is 5. The third kappa shape index (κ3) is 3.68. The molecule has 0 aliphatic carbocycles. The van der Waals surface area contributed by atoms with Crippen LogP contribution in [0.3, 0.4) is 0 Å². The maximum atomic E-state index is 12.1. The van der Waals surface area contributed by atoms with Crippen molar-refractivity contribution in [2.75, 3.05) is 11.9 Å². The highest BCUT2D eigenvalue weighted by molar-refractivity contribution is 9.10. The maximum Gasteiger partial charge on any atom is 0.367 e. The van der Waals surface area contributed by atoms with E-state index in [1.54, 1.807) is 13.0 Å². The van der Waals surface area contributed by atoms with Crippen LogP contribution in [0.4, 0.5) is 5.69 Å². The number of hydrogen-bond donors (Lipinski definition) is 1. The van der Waals surface area contributed by atoms with Crippen LogP contribution in [0.25, 0.3) is 0 Å². The van der Waals surface area contributed by atoms with E-state index in [0.29, 0.717) is 5.69 Å². The lowest BCUT2D eigenvalue weighted by Gasteiger charge is -2.07. The molecule has 1 amide bonds. The SMILES string of the molecule is CCOC(=O)c1nc(C(=O)Nc2cccc(C)c2Br)cs1. The second-order valence-corrected chi connectivity index (χ2v) is 5.80. The molecule has 0 saturated carbocycles. The Morgan fingerprint density at radius 2 is 2.19 bits per heavy atom. The first-order valence-corrected chi connectivity index (χ1v) is 7.89. The van der Waals surface area contributed by atoms with Gasteiger partial charge < -0.3 is 10.1 Å². The maximum absolute atomic E-state index is 12.1. The molecule has 2 aromatic rings. The van der Waals surface area contributed by atoms with Crippen LogP contribution in [0.1, 0.15) is 32.8 Å². The van der Waals surface area contributed by atoms with Gasteiger partial charge in [-0.3, -0.25) is 4.79 Å². The number of aromatic nitrogens is 1. The molecule has 5 nitrogen and oxygen atoms in total. The molecule has 2 rings (SSSR count). The lowest BCUT2D eigenvalue weighted by Crippen LogP contribution is -2.13. The molecular formula is C14H13BrN2O3S. The van der Waals surface area contributed by atoms with Gasteiger partial charge in [0.2, 0.25) is 5.01 Å². The van der Waals surface area contributed by atoms with Gasteiger partial charge in [-0.05, 0) is 41.4 Å². The van der Waals surface area contributed by atoms with E-state index in [1.807, 2.05) is 19.1 Å². The molecule has 0 spiro atoms. The van der Waals surface area contributed by atoms with E-state index in [4.69, 9.17) is 4.74 Å². The van der Waals surface area contributed by atoms with Crippen molar-refractivity contribution in [1.29, 1.82) is 0 Å². The zero-order valence-electron chi connectivity index (χ0n) is 11.5. The van der Waals surface area contributed by atoms with Crippen LogP contribution in [-0.4, -0.2) is 23.5 Å². The molecule has 0 bridgehead atoms. The molecule has 7 heteroatoms. The summed E-state index contributed by atoms with van der Waals surface area (Å²) in [6, 6.07) is 5.57. The van der Waals surface area contributed by atoms with E-state index in [2.05, 4.69) is 26.2 Å². The van der Waals surface area contributed by atoms with Gasteiger partial charge in [-0.15, -0.1) is 11.3 Å². The van der Waals surface area contributed by atoms with Crippen molar-refractivity contribution in [2.24, 2.45) is 0 Å². The summed E-state index contributed by atoms with van der Waals surface area (Å²) in [4.78, 5) is 27.6. The summed E-state index contributed by atoms with van der Waals surface area (Å²) in [6.07, 6.45) is 0. The highest BCUT2D eigenvalue weighted by Gasteiger charge is 2.17. The minimum atomic E-state index is -0.515. The highest BCUT2D eigenvalue weighted by atomic mass is 79.9. The third-order valence-electron chi connectivity index (χ3n) is 2.63. The van der Waals surface area contributed by atoms with Crippen molar-refractivity contribution < 1.29 is 14.3 Å². The predicted molar refractivity (Wildman–Crippen MR) is 84.9 cm³/mol. The summed E-state index contributed by atoms with van der Waals surface area (Å²) in [6.45, 7) is 3.92. The number of nitrogens with one attached hydrogen (secondary N) is 1. The fourth-order valence-corrected chi connectivity index (χ4v) is 2.65. The Morgan fingerprint density at radius 1 is 1.43 bits per heavy atom. The lowest BCUT2D eigenvalue weighted by atomic mass is 10.2. The number of aryl methyl sites for hydroxylation is 1. The molecule has 0 aliphatic heterocycles. The van der Waals surface area contributed by atoms with Crippen LogP contribution in [0, 0.1) is 6.92 Å². The zero-order chi connectivity index (χ0) is 15.4. The fourth-order valence-electron chi connectivity index (χ4n) is 1.59. The number of benzene rings is 1. The number of amides is 1. The number of halogens is 1. The molecule has 0 unspecified atom stereocenters. The van der Waals surface area contributed by atoms with E-state index in [1.165, 1.54) is 5.38 Å². The van der Waals surface area contributed by atoms with Gasteiger partial charge in [0.05, 0.1) is 12.3 Å². The molecule has 0 saturated heterocycles. The first-order valence-electron chi connectivity index (χ1n) is 6.22. The lowest BCUT2D eigenvalue weighted by molar-refractivity contribution is 0.0526. The molecule has 1 aromatic carbocycles. The Labute approximate surface area is 134 Å². The summed E-state index contributed by atoms with van der Waals surface area (Å²) < 4.78 is 5.66. The van der Waals surface area contributed by atoms with Gasteiger partial charge >= 0.3 is 5.97 Å². The molecule has 21 heavy (non-hydrogen) atoms. The minimum absolute atomic E-state index is 0.172. The topological polar surface area (TPSA) is 68.3 Å². The molecular weight excluding hydrogens is 356 g/mol. The minimum Gasteiger partial charge on any atom is -0.461 e. The Morgan fingerprint density at radius 3 is 2.90 bits per heavy atom. The number of ether oxygens (including phenoxy) is 1. The fraction of sp³-hybridized carbons (Fsp3) is 0.214. The number of carbonyl (C=O) groups excluding carboxylic acids is 2. The van der Waals surface area contributed by atoms with Gasteiger partial charge in [-0.1, -0.05) is 12.1 Å². The number of rotatable bonds is 4. The highest BCUT2D eigenvalue weighted by Crippen LogP contribution is 2.26. The number of esters is 1. The van der Waals surface area contributed by atoms with Crippen molar-refractivity contribution in [2.45, 2.75) is 13.8 Å². The predicted octanol–water partition coefficient (Wildman–Crippen LogP) is 3.64. The van der Waals surface area contributed by atoms with E-state index < -0.39 is 5.97 Å². The summed E-state index contributed by atoms with van der Waals surface area (Å²) in [5.41, 5.74) is 1.86. The van der Waals surface area contributed by atoms with Gasteiger partial charge in [-0.25, -0.2) is 9.78 Å². The first kappa shape index (κ1) is 15.7. The second-order valence-electron chi connectivity index (χ2n) is 4.15. The van der Waals surface area contributed by atoms with Crippen LogP contribution < -0.4 is 5.32 Å². The van der Waals surface area contributed by atoms with E-state index >= 15 is 0 Å². The van der Waals surface area contributed by atoms with Gasteiger partial charge in [0.25, 0.3) is 5.91 Å². The Bertz CT molecular complexity index is 685. The standard InChI is InChI=1S/C14H13BrN2O3S/c1-3-20-14(19)13-17-10(7-21-13)12(18)16-9-6-4-5-8(2)11(9)15/h4-7H,3H2,1-2H3,(H,16,18). The normalized spacial score (nSPS) is 10.2. The number of nitrogens with zero attached hydrogens (tertiary/aromatic N) is 1. The van der Waals surface area contributed by atoms with Crippen molar-refractivity contribution in [3.63, 3.8) is 0 Å². The van der Waals surface area contributed by atoms with Crippen LogP contribution in [0.5, 0.6) is 0 Å². The van der Waals surface area contributed by atoms with Gasteiger partial charge in [0.1, 0.15) is 5.69 Å². The van der Waals surface area contributed by atoms with Gasteiger partial charge in [0, 0.05) is 9.85 Å². The average Bonchev–Trinajstić information content (AvgIpc) is 2.94. The quantitative estimate of drug-likeness (QED) is 0.836. The largest absolute Gasteiger partial charge is 0.461 e. The second kappa shape index (κ2) is 6.82. The number of carbonyl (C=O) groups is 2. The van der Waals surface area contributed by atoms with Crippen molar-refractivity contribution in [3.05, 3.63) is 44.3 Å². The zero-order valence-corrected chi connectivity index (χ0v) is 13.9. The molecule has 1 aromatic heterocycles. The van der Waals surface area contributed by atoms with Crippen molar-refractivity contribution in [1.82, 2.24) is 4.98 Å². The van der Waals surface area contributed by atoms with Crippen LogP contribution in [0.15, 0.2) is 28.1 Å². The Balaban J connectivity index is 2.14. The van der Waals surface area contributed by atoms with Crippen molar-refractivity contribution >= 4 is 44.8 Å². The smallest absolute Gasteiger partial charge is 0.367 e. The first-order chi connectivity index (χ1) is 10.0. The average molecular weight is 369 g/mol. The van der Waals surface area contributed by atoms with Crippen LogP contribution in [-0.2, 0) is 4.74 Å². The summed E-state index contributed by atoms with van der Waals surface area (Å²) in [7, 11) is 0. The third-order valence-corrected chi connectivity index (χ3v) is 4.50. The number of anilines is 1. The number of thiazole rings is 1. The molecule has 110 valence electrons. The summed E-state index contributed by atoms with van der Waals surface area (Å²) >= 11 is 4.51. The summed E-state index contributed by atoms with van der Waals surface area (Å²) in [5, 5.41) is 4.46. The molecule has 1 N–H and O–H groups in total. The van der Waals surface area contributed by atoms with Crippen LogP contribution >= 0.6 is 27.3 Å². The molecule has 0 atom stereocenters. The Hall–Kier alpha value is -1.73. The monoisotopic (exact) mass is 368 g/mol. The molecule has 0 aliphatic rings. The van der Waals surface area contributed by atoms with E-state index in [9.17, 15) is 9.59 Å². The summed E-state index contributed by atoms with van der Waals surface area (Å²) in [5.74, 6) is -0.883. The molecule has 0 radical (unpaired) electrons. The Kier molecular flexibility index (Phi) is 5.08. The van der Waals surface area contributed by atoms with Crippen molar-refractivity contribution in [3.8, 4) is 0 Å². The molecule has 0 fully saturated rings. The van der Waals surface area contributed by atoms with E-state index in [0.717, 1.165) is 21.4 Å². The van der Waals surface area contributed by atoms with Crippen LogP contribution in [0.2, 0.25) is 0 Å².